The van der Waals surface area contributed by atoms with Crippen LogP contribution in [0, 0.1) is 5.92 Å². The second-order valence-electron chi connectivity index (χ2n) is 2.97. The zero-order valence-electron chi connectivity index (χ0n) is 7.88. The van der Waals surface area contributed by atoms with Gasteiger partial charge >= 0.3 is 11.9 Å². The maximum atomic E-state index is 11.4. The molecule has 0 radical (unpaired) electrons. The molecule has 0 rings (SSSR count). The lowest BCUT2D eigenvalue weighted by Gasteiger charge is -2.20. The van der Waals surface area contributed by atoms with E-state index in [-0.39, 0.29) is 6.16 Å². The fraction of sp³-hybridized carbons (Fsp3) is 0.714. The van der Waals surface area contributed by atoms with Crippen molar-refractivity contribution < 1.29 is 29.3 Å². The quantitative estimate of drug-likeness (QED) is 0.461. The molecule has 0 bridgehead atoms. The minimum atomic E-state index is -3.69. The summed E-state index contributed by atoms with van der Waals surface area (Å²) in [5.74, 6) is -5.01. The minimum Gasteiger partial charge on any atom is -0.481 e. The summed E-state index contributed by atoms with van der Waals surface area (Å²) in [6, 6.07) is 0. The van der Waals surface area contributed by atoms with Crippen LogP contribution in [0.1, 0.15) is 13.8 Å². The van der Waals surface area contributed by atoms with Gasteiger partial charge in [0.15, 0.2) is 5.92 Å². The number of carboxylic acid groups (broad SMARTS) is 2. The zero-order chi connectivity index (χ0) is 11.5. The Labute approximate surface area is 81.0 Å². The Morgan fingerprint density at radius 2 is 1.64 bits per heavy atom. The zero-order valence-corrected chi connectivity index (χ0v) is 8.77. The molecular weight excluding hydrogens is 211 g/mol. The smallest absolute Gasteiger partial charge is 0.318 e. The summed E-state index contributed by atoms with van der Waals surface area (Å²) in [6.45, 7) is 2.58. The van der Waals surface area contributed by atoms with Gasteiger partial charge in [0, 0.05) is 6.16 Å². The average molecular weight is 224 g/mol. The third-order valence-corrected chi connectivity index (χ3v) is 4.58. The van der Waals surface area contributed by atoms with Crippen LogP contribution in [0.2, 0.25) is 0 Å². The van der Waals surface area contributed by atoms with Crippen molar-refractivity contribution in [3.63, 3.8) is 0 Å². The average Bonchev–Trinajstić information content (AvgIpc) is 2.02. The van der Waals surface area contributed by atoms with Crippen LogP contribution in [-0.4, -0.2) is 38.9 Å². The molecule has 0 aliphatic heterocycles. The molecule has 0 saturated carbocycles. The van der Waals surface area contributed by atoms with Crippen molar-refractivity contribution in [2.45, 2.75) is 19.5 Å². The van der Waals surface area contributed by atoms with E-state index in [1.807, 2.05) is 0 Å². The summed E-state index contributed by atoms with van der Waals surface area (Å²) < 4.78 is 11.4. The van der Waals surface area contributed by atoms with Gasteiger partial charge in [0.2, 0.25) is 7.37 Å². The van der Waals surface area contributed by atoms with Gasteiger partial charge in [-0.25, -0.2) is 0 Å². The van der Waals surface area contributed by atoms with Crippen LogP contribution in [0.4, 0.5) is 0 Å². The van der Waals surface area contributed by atoms with E-state index in [2.05, 4.69) is 0 Å². The lowest BCUT2D eigenvalue weighted by molar-refractivity contribution is -0.154. The normalized spacial score (nSPS) is 17.4. The van der Waals surface area contributed by atoms with Crippen molar-refractivity contribution in [3.05, 3.63) is 0 Å². The van der Waals surface area contributed by atoms with Gasteiger partial charge in [-0.3, -0.25) is 14.2 Å². The molecule has 2 unspecified atom stereocenters. The first kappa shape index (κ1) is 13.1. The molecule has 0 spiro atoms. The summed E-state index contributed by atoms with van der Waals surface area (Å²) in [7, 11) is -3.69. The van der Waals surface area contributed by atoms with E-state index in [4.69, 9.17) is 10.2 Å². The number of hydrogen-bond donors (Lipinski definition) is 3. The highest BCUT2D eigenvalue weighted by Crippen LogP contribution is 2.48. The Bertz CT molecular complexity index is 272. The van der Waals surface area contributed by atoms with Gasteiger partial charge in [0.05, 0.1) is 5.66 Å². The van der Waals surface area contributed by atoms with Crippen LogP contribution in [0.3, 0.4) is 0 Å². The summed E-state index contributed by atoms with van der Waals surface area (Å²) in [4.78, 5) is 30.4. The van der Waals surface area contributed by atoms with Crippen LogP contribution >= 0.6 is 7.37 Å². The molecule has 0 aliphatic carbocycles. The van der Waals surface area contributed by atoms with Gasteiger partial charge in [-0.15, -0.1) is 0 Å². The number of carboxylic acids is 2. The molecule has 3 N–H and O–H groups in total. The molecule has 6 nitrogen and oxygen atoms in total. The van der Waals surface area contributed by atoms with Crippen LogP contribution in [0.25, 0.3) is 0 Å². The van der Waals surface area contributed by atoms with Crippen molar-refractivity contribution in [1.82, 2.24) is 0 Å². The summed E-state index contributed by atoms with van der Waals surface area (Å²) >= 11 is 0. The van der Waals surface area contributed by atoms with E-state index in [9.17, 15) is 19.0 Å². The van der Waals surface area contributed by atoms with Gasteiger partial charge < -0.3 is 15.1 Å². The van der Waals surface area contributed by atoms with E-state index < -0.39 is 30.9 Å². The Morgan fingerprint density at radius 1 is 1.29 bits per heavy atom. The monoisotopic (exact) mass is 224 g/mol. The second-order valence-corrected chi connectivity index (χ2v) is 5.92. The first-order valence-electron chi connectivity index (χ1n) is 4.01. The maximum Gasteiger partial charge on any atom is 0.318 e. The number of hydrogen-bond acceptors (Lipinski definition) is 3. The molecule has 0 fully saturated rings. The summed E-state index contributed by atoms with van der Waals surface area (Å²) in [6.07, 6.45) is -0.134. The van der Waals surface area contributed by atoms with Crippen molar-refractivity contribution in [2.24, 2.45) is 5.92 Å². The molecule has 82 valence electrons. The van der Waals surface area contributed by atoms with Crippen molar-refractivity contribution in [1.29, 1.82) is 0 Å². The summed E-state index contributed by atoms with van der Waals surface area (Å²) in [5, 5.41) is 17.1. The van der Waals surface area contributed by atoms with Gasteiger partial charge in [-0.2, -0.15) is 0 Å². The highest BCUT2D eigenvalue weighted by molar-refractivity contribution is 7.58. The molecular formula is C7H13O6P. The van der Waals surface area contributed by atoms with Gasteiger partial charge in [0.25, 0.3) is 0 Å². The number of carbonyl (C=O) groups is 2. The van der Waals surface area contributed by atoms with Crippen LogP contribution in [0.5, 0.6) is 0 Å². The highest BCUT2D eigenvalue weighted by atomic mass is 31.2. The van der Waals surface area contributed by atoms with Crippen LogP contribution < -0.4 is 0 Å². The predicted molar refractivity (Wildman–Crippen MR) is 48.6 cm³/mol. The molecule has 7 heteroatoms. The molecule has 0 aromatic rings. The highest BCUT2D eigenvalue weighted by Gasteiger charge is 2.41. The van der Waals surface area contributed by atoms with Gasteiger partial charge in [-0.05, 0) is 0 Å². The molecule has 0 aliphatic rings. The van der Waals surface area contributed by atoms with Crippen LogP contribution in [-0.2, 0) is 14.2 Å². The largest absolute Gasteiger partial charge is 0.481 e. The summed E-state index contributed by atoms with van der Waals surface area (Å²) in [5.41, 5.74) is -1.28. The number of aliphatic carboxylic acids is 2. The predicted octanol–water partition coefficient (Wildman–Crippen LogP) is 0.451. The molecule has 2 atom stereocenters. The van der Waals surface area contributed by atoms with E-state index in [1.165, 1.54) is 6.92 Å². The van der Waals surface area contributed by atoms with E-state index in [1.54, 1.807) is 0 Å². The lowest BCUT2D eigenvalue weighted by atomic mass is 10.1. The molecule has 0 aromatic heterocycles. The fourth-order valence-electron chi connectivity index (χ4n) is 1.04. The third-order valence-electron chi connectivity index (χ3n) is 2.10. The third kappa shape index (κ3) is 2.82. The van der Waals surface area contributed by atoms with E-state index in [0.29, 0.717) is 0 Å². The van der Waals surface area contributed by atoms with E-state index >= 15 is 0 Å². The Morgan fingerprint density at radius 3 is 1.86 bits per heavy atom. The standard InChI is InChI=1S/C7H13O6P/c1-3-14(12,13)4(2)5(6(8)9)7(10)11/h4-5H,3H2,1-2H3,(H,8,9)(H,10,11)(H,12,13). The van der Waals surface area contributed by atoms with Crippen molar-refractivity contribution in [2.75, 3.05) is 6.16 Å². The second kappa shape index (κ2) is 4.57. The minimum absolute atomic E-state index is 0.134. The lowest BCUT2D eigenvalue weighted by Crippen LogP contribution is -2.33. The first-order valence-corrected chi connectivity index (χ1v) is 5.92. The first-order chi connectivity index (χ1) is 6.24. The van der Waals surface area contributed by atoms with Crippen molar-refractivity contribution >= 4 is 19.3 Å². The molecule has 0 amide bonds. The van der Waals surface area contributed by atoms with Gasteiger partial charge in [0.1, 0.15) is 0 Å². The van der Waals surface area contributed by atoms with E-state index in [0.717, 1.165) is 6.92 Å². The molecule has 0 aromatic carbocycles. The fourth-order valence-corrected chi connectivity index (χ4v) is 2.34. The van der Waals surface area contributed by atoms with Crippen molar-refractivity contribution in [3.8, 4) is 0 Å². The molecule has 0 saturated heterocycles. The topological polar surface area (TPSA) is 112 Å². The van der Waals surface area contributed by atoms with Crippen LogP contribution in [0.15, 0.2) is 0 Å². The maximum absolute atomic E-state index is 11.4. The molecule has 14 heavy (non-hydrogen) atoms. The Hall–Kier alpha value is -0.870. The Kier molecular flexibility index (Phi) is 4.29. The molecule has 0 heterocycles. The van der Waals surface area contributed by atoms with Gasteiger partial charge in [-0.1, -0.05) is 13.8 Å². The SMILES string of the molecule is CCP(=O)(O)C(C)C(C(=O)O)C(=O)O. The number of rotatable bonds is 5. The Balaban J connectivity index is 4.96.